The lowest BCUT2D eigenvalue weighted by molar-refractivity contribution is 0.0431. The number of rotatable bonds is 4. The number of esters is 1. The highest BCUT2D eigenvalue weighted by molar-refractivity contribution is 7.14. The topological polar surface area (TPSA) is 52.3 Å². The zero-order valence-electron chi connectivity index (χ0n) is 10.7. The van der Waals surface area contributed by atoms with Gasteiger partial charge in [-0.25, -0.2) is 9.78 Å². The van der Waals surface area contributed by atoms with Gasteiger partial charge < -0.3 is 9.15 Å². The van der Waals surface area contributed by atoms with Crippen molar-refractivity contribution in [3.63, 3.8) is 0 Å². The zero-order chi connectivity index (χ0) is 13.9. The fourth-order valence-corrected chi connectivity index (χ4v) is 3.20. The van der Waals surface area contributed by atoms with Crippen molar-refractivity contribution in [3.8, 4) is 10.6 Å². The van der Waals surface area contributed by atoms with E-state index >= 15 is 0 Å². The van der Waals surface area contributed by atoms with Crippen LogP contribution < -0.4 is 0 Å². The second kappa shape index (κ2) is 5.60. The molecule has 0 aliphatic rings. The van der Waals surface area contributed by atoms with Gasteiger partial charge in [-0.1, -0.05) is 0 Å². The fraction of sp³-hybridized carbons (Fsp3) is 0.143. The van der Waals surface area contributed by atoms with E-state index in [1.165, 1.54) is 6.26 Å². The Balaban J connectivity index is 1.65. The first kappa shape index (κ1) is 13.1. The minimum atomic E-state index is -0.461. The van der Waals surface area contributed by atoms with Crippen LogP contribution in [0.1, 0.15) is 21.8 Å². The highest BCUT2D eigenvalue weighted by Crippen LogP contribution is 2.26. The van der Waals surface area contributed by atoms with Crippen LogP contribution >= 0.6 is 22.7 Å². The van der Waals surface area contributed by atoms with Crippen molar-refractivity contribution in [3.05, 3.63) is 51.6 Å². The van der Waals surface area contributed by atoms with Crippen molar-refractivity contribution < 1.29 is 13.9 Å². The van der Waals surface area contributed by atoms with E-state index in [9.17, 15) is 4.79 Å². The van der Waals surface area contributed by atoms with Crippen LogP contribution in [0.15, 0.2) is 39.0 Å². The molecule has 0 spiro atoms. The standard InChI is InChI=1S/C14H11NO3S2/c1-9-2-4-17-12(9)14(16)18-6-11-8-20-13(15-11)10-3-5-19-7-10/h2-5,7-8H,6H2,1H3. The Hall–Kier alpha value is -1.92. The monoisotopic (exact) mass is 305 g/mol. The van der Waals surface area contributed by atoms with Crippen LogP contribution in [0.5, 0.6) is 0 Å². The molecule has 0 amide bonds. The third-order valence-corrected chi connectivity index (χ3v) is 4.34. The Morgan fingerprint density at radius 1 is 1.40 bits per heavy atom. The maximum Gasteiger partial charge on any atom is 0.374 e. The van der Waals surface area contributed by atoms with Gasteiger partial charge in [-0.05, 0) is 24.4 Å². The van der Waals surface area contributed by atoms with Gasteiger partial charge in [-0.15, -0.1) is 11.3 Å². The van der Waals surface area contributed by atoms with Crippen molar-refractivity contribution in [1.82, 2.24) is 4.98 Å². The predicted octanol–water partition coefficient (Wildman–Crippen LogP) is 4.13. The molecule has 4 nitrogen and oxygen atoms in total. The number of aromatic nitrogens is 1. The maximum absolute atomic E-state index is 11.8. The van der Waals surface area contributed by atoms with E-state index in [4.69, 9.17) is 9.15 Å². The van der Waals surface area contributed by atoms with E-state index in [1.54, 1.807) is 35.7 Å². The highest BCUT2D eigenvalue weighted by Gasteiger charge is 2.15. The Morgan fingerprint density at radius 2 is 2.30 bits per heavy atom. The molecule has 0 aliphatic carbocycles. The molecule has 6 heteroatoms. The van der Waals surface area contributed by atoms with E-state index in [0.29, 0.717) is 0 Å². The number of thiophene rings is 1. The molecule has 3 aromatic rings. The molecule has 0 saturated carbocycles. The molecule has 0 radical (unpaired) electrons. The van der Waals surface area contributed by atoms with Gasteiger partial charge in [0.2, 0.25) is 5.76 Å². The number of thiazole rings is 1. The summed E-state index contributed by atoms with van der Waals surface area (Å²) in [5.74, 6) is -0.212. The summed E-state index contributed by atoms with van der Waals surface area (Å²) in [6, 6.07) is 3.75. The summed E-state index contributed by atoms with van der Waals surface area (Å²) in [5, 5.41) is 6.89. The predicted molar refractivity (Wildman–Crippen MR) is 78.0 cm³/mol. The average molecular weight is 305 g/mol. The van der Waals surface area contributed by atoms with Gasteiger partial charge >= 0.3 is 5.97 Å². The van der Waals surface area contributed by atoms with Crippen LogP contribution in [-0.2, 0) is 11.3 Å². The molecule has 3 rings (SSSR count). The van der Waals surface area contributed by atoms with Gasteiger partial charge in [0.25, 0.3) is 0 Å². The van der Waals surface area contributed by atoms with Crippen molar-refractivity contribution in [2.24, 2.45) is 0 Å². The number of furan rings is 1. The van der Waals surface area contributed by atoms with E-state index in [2.05, 4.69) is 4.98 Å². The second-order valence-corrected chi connectivity index (χ2v) is 5.80. The van der Waals surface area contributed by atoms with E-state index < -0.39 is 5.97 Å². The number of hydrogen-bond acceptors (Lipinski definition) is 6. The van der Waals surface area contributed by atoms with Crippen molar-refractivity contribution in [2.75, 3.05) is 0 Å². The number of carbonyl (C=O) groups is 1. The summed E-state index contributed by atoms with van der Waals surface area (Å²) >= 11 is 3.17. The third kappa shape index (κ3) is 2.66. The third-order valence-electron chi connectivity index (χ3n) is 2.72. The SMILES string of the molecule is Cc1ccoc1C(=O)OCc1csc(-c2ccsc2)n1. The molecule has 0 bridgehead atoms. The minimum Gasteiger partial charge on any atom is -0.457 e. The van der Waals surface area contributed by atoms with Gasteiger partial charge in [-0.2, -0.15) is 11.3 Å². The second-order valence-electron chi connectivity index (χ2n) is 4.16. The number of aryl methyl sites for hydroxylation is 1. The molecule has 20 heavy (non-hydrogen) atoms. The molecule has 0 fully saturated rings. The molecular weight excluding hydrogens is 294 g/mol. The average Bonchev–Trinajstić information content (AvgIpc) is 3.16. The molecular formula is C14H11NO3S2. The molecule has 3 aromatic heterocycles. The van der Waals surface area contributed by atoms with Crippen LogP contribution in [0.25, 0.3) is 10.6 Å². The van der Waals surface area contributed by atoms with Crippen LogP contribution in [0.3, 0.4) is 0 Å². The van der Waals surface area contributed by atoms with Gasteiger partial charge in [0, 0.05) is 21.9 Å². The lowest BCUT2D eigenvalue weighted by atomic mass is 10.3. The molecule has 102 valence electrons. The molecule has 0 N–H and O–H groups in total. The number of nitrogens with zero attached hydrogens (tertiary/aromatic N) is 1. The van der Waals surface area contributed by atoms with Gasteiger partial charge in [0.05, 0.1) is 12.0 Å². The molecule has 0 aromatic carbocycles. The summed E-state index contributed by atoms with van der Waals surface area (Å²) in [7, 11) is 0. The summed E-state index contributed by atoms with van der Waals surface area (Å²) < 4.78 is 10.3. The lowest BCUT2D eigenvalue weighted by Gasteiger charge is -2.00. The summed E-state index contributed by atoms with van der Waals surface area (Å²) in [4.78, 5) is 16.2. The zero-order valence-corrected chi connectivity index (χ0v) is 12.3. The highest BCUT2D eigenvalue weighted by atomic mass is 32.1. The summed E-state index contributed by atoms with van der Waals surface area (Å²) in [5.41, 5.74) is 2.61. The van der Waals surface area contributed by atoms with Crippen LogP contribution in [0.2, 0.25) is 0 Å². The minimum absolute atomic E-state index is 0.152. The molecule has 0 unspecified atom stereocenters. The Labute approximate surface area is 123 Å². The maximum atomic E-state index is 11.8. The first-order chi connectivity index (χ1) is 9.74. The number of carbonyl (C=O) groups excluding carboxylic acids is 1. The molecule has 0 atom stereocenters. The first-order valence-electron chi connectivity index (χ1n) is 5.92. The fourth-order valence-electron chi connectivity index (χ4n) is 1.68. The van der Waals surface area contributed by atoms with Crippen LogP contribution in [0, 0.1) is 6.92 Å². The van der Waals surface area contributed by atoms with E-state index in [0.717, 1.165) is 21.8 Å². The Bertz CT molecular complexity index is 712. The smallest absolute Gasteiger partial charge is 0.374 e. The van der Waals surface area contributed by atoms with Crippen molar-refractivity contribution >= 4 is 28.6 Å². The Morgan fingerprint density at radius 3 is 3.00 bits per heavy atom. The Kier molecular flexibility index (Phi) is 3.66. The lowest BCUT2D eigenvalue weighted by Crippen LogP contribution is -2.05. The van der Waals surface area contributed by atoms with Crippen molar-refractivity contribution in [1.29, 1.82) is 0 Å². The molecule has 0 aliphatic heterocycles. The number of hydrogen-bond donors (Lipinski definition) is 0. The van der Waals surface area contributed by atoms with Crippen molar-refractivity contribution in [2.45, 2.75) is 13.5 Å². The normalized spacial score (nSPS) is 10.7. The molecule has 3 heterocycles. The van der Waals surface area contributed by atoms with Gasteiger partial charge in [0.15, 0.2) is 0 Å². The van der Waals surface area contributed by atoms with E-state index in [1.807, 2.05) is 22.2 Å². The number of ether oxygens (including phenoxy) is 1. The van der Waals surface area contributed by atoms with Crippen LogP contribution in [-0.4, -0.2) is 11.0 Å². The summed E-state index contributed by atoms with van der Waals surface area (Å²) in [6.07, 6.45) is 1.48. The van der Waals surface area contributed by atoms with Gasteiger partial charge in [-0.3, -0.25) is 0 Å². The first-order valence-corrected chi connectivity index (χ1v) is 7.74. The van der Waals surface area contributed by atoms with Crippen LogP contribution in [0.4, 0.5) is 0 Å². The summed E-state index contributed by atoms with van der Waals surface area (Å²) in [6.45, 7) is 1.96. The van der Waals surface area contributed by atoms with E-state index in [-0.39, 0.29) is 12.4 Å². The molecule has 0 saturated heterocycles. The van der Waals surface area contributed by atoms with Gasteiger partial charge in [0.1, 0.15) is 11.6 Å². The quantitative estimate of drug-likeness (QED) is 0.680. The largest absolute Gasteiger partial charge is 0.457 e.